The molecular formula is C17H15N3O2S. The first kappa shape index (κ1) is 15.2. The molecule has 0 spiro atoms. The van der Waals surface area contributed by atoms with Crippen LogP contribution in [0.2, 0.25) is 0 Å². The van der Waals surface area contributed by atoms with Crippen LogP contribution in [0.3, 0.4) is 0 Å². The summed E-state index contributed by atoms with van der Waals surface area (Å²) in [5.74, 6) is 0.522. The van der Waals surface area contributed by atoms with Crippen LogP contribution in [0.4, 0.5) is 5.13 Å². The lowest BCUT2D eigenvalue weighted by Crippen LogP contribution is -2.11. The van der Waals surface area contributed by atoms with Gasteiger partial charge in [0.05, 0.1) is 5.69 Å². The van der Waals surface area contributed by atoms with Crippen LogP contribution in [0.5, 0.6) is 5.75 Å². The lowest BCUT2D eigenvalue weighted by Gasteiger charge is -2.07. The van der Waals surface area contributed by atoms with Crippen LogP contribution in [0, 0.1) is 6.92 Å². The maximum atomic E-state index is 12.1. The first-order valence-corrected chi connectivity index (χ1v) is 7.94. The fourth-order valence-corrected chi connectivity index (χ4v) is 2.62. The summed E-state index contributed by atoms with van der Waals surface area (Å²) >= 11 is 1.41. The van der Waals surface area contributed by atoms with Gasteiger partial charge in [0, 0.05) is 28.9 Å². The number of aromatic nitrogens is 2. The summed E-state index contributed by atoms with van der Waals surface area (Å²) in [5.41, 5.74) is 2.45. The summed E-state index contributed by atoms with van der Waals surface area (Å²) in [6.07, 6.45) is 3.48. The lowest BCUT2D eigenvalue weighted by molar-refractivity contribution is 0.102. The van der Waals surface area contributed by atoms with Crippen molar-refractivity contribution in [3.05, 3.63) is 71.0 Å². The quantitative estimate of drug-likeness (QED) is 0.777. The van der Waals surface area contributed by atoms with Crippen molar-refractivity contribution in [1.29, 1.82) is 0 Å². The molecular weight excluding hydrogens is 310 g/mol. The maximum Gasteiger partial charge on any atom is 0.257 e. The van der Waals surface area contributed by atoms with Gasteiger partial charge in [0.15, 0.2) is 5.13 Å². The highest BCUT2D eigenvalue weighted by Crippen LogP contribution is 2.18. The number of nitrogens with zero attached hydrogens (tertiary/aromatic N) is 2. The van der Waals surface area contributed by atoms with Gasteiger partial charge in [-0.15, -0.1) is 11.3 Å². The molecule has 6 heteroatoms. The Balaban J connectivity index is 1.59. The van der Waals surface area contributed by atoms with E-state index in [1.807, 2.05) is 24.4 Å². The van der Waals surface area contributed by atoms with Gasteiger partial charge < -0.3 is 4.74 Å². The number of carbonyl (C=O) groups excluding carboxylic acids is 1. The Morgan fingerprint density at radius 2 is 2.09 bits per heavy atom. The van der Waals surface area contributed by atoms with Crippen molar-refractivity contribution in [2.75, 3.05) is 5.32 Å². The number of pyridine rings is 1. The lowest BCUT2D eigenvalue weighted by atomic mass is 10.2. The van der Waals surface area contributed by atoms with Gasteiger partial charge >= 0.3 is 0 Å². The molecule has 2 heterocycles. The van der Waals surface area contributed by atoms with Gasteiger partial charge in [-0.05, 0) is 37.3 Å². The number of hydrogen-bond donors (Lipinski definition) is 1. The van der Waals surface area contributed by atoms with Crippen LogP contribution in [0.15, 0.2) is 54.2 Å². The standard InChI is InChI=1S/C17H15N3O2S/c1-12-11-23-17(19-12)20-16(21)14-4-6-15(7-5-14)22-10-13-3-2-8-18-9-13/h2-9,11H,10H2,1H3,(H,19,20,21). The largest absolute Gasteiger partial charge is 0.489 e. The Kier molecular flexibility index (Phi) is 4.63. The van der Waals surface area contributed by atoms with E-state index in [4.69, 9.17) is 4.74 Å². The van der Waals surface area contributed by atoms with E-state index >= 15 is 0 Å². The highest BCUT2D eigenvalue weighted by atomic mass is 32.1. The molecule has 0 saturated heterocycles. The Hall–Kier alpha value is -2.73. The molecule has 0 aliphatic carbocycles. The van der Waals surface area contributed by atoms with Crippen molar-refractivity contribution in [3.63, 3.8) is 0 Å². The molecule has 1 N–H and O–H groups in total. The van der Waals surface area contributed by atoms with Crippen molar-refractivity contribution >= 4 is 22.4 Å². The highest BCUT2D eigenvalue weighted by molar-refractivity contribution is 7.13. The first-order chi connectivity index (χ1) is 11.2. The summed E-state index contributed by atoms with van der Waals surface area (Å²) in [5, 5.41) is 5.27. The van der Waals surface area contributed by atoms with Crippen LogP contribution in [-0.2, 0) is 6.61 Å². The van der Waals surface area contributed by atoms with Crippen molar-refractivity contribution in [2.45, 2.75) is 13.5 Å². The molecule has 0 saturated carbocycles. The molecule has 0 aliphatic rings. The van der Waals surface area contributed by atoms with Crippen LogP contribution in [-0.4, -0.2) is 15.9 Å². The number of amides is 1. The minimum atomic E-state index is -0.182. The van der Waals surface area contributed by atoms with Gasteiger partial charge in [0.25, 0.3) is 5.91 Å². The Morgan fingerprint density at radius 3 is 2.74 bits per heavy atom. The Morgan fingerprint density at radius 1 is 1.26 bits per heavy atom. The fraction of sp³-hybridized carbons (Fsp3) is 0.118. The Labute approximate surface area is 138 Å². The third-order valence-electron chi connectivity index (χ3n) is 3.08. The molecule has 0 atom stereocenters. The molecule has 5 nitrogen and oxygen atoms in total. The molecule has 1 aromatic carbocycles. The molecule has 3 rings (SSSR count). The molecule has 0 fully saturated rings. The van der Waals surface area contributed by atoms with Gasteiger partial charge in [-0.25, -0.2) is 4.98 Å². The van der Waals surface area contributed by atoms with E-state index in [9.17, 15) is 4.79 Å². The second-order valence-electron chi connectivity index (χ2n) is 4.92. The average Bonchev–Trinajstić information content (AvgIpc) is 2.99. The predicted octanol–water partition coefficient (Wildman–Crippen LogP) is 3.68. The van der Waals surface area contributed by atoms with Crippen LogP contribution in [0.1, 0.15) is 21.6 Å². The van der Waals surface area contributed by atoms with Crippen LogP contribution < -0.4 is 10.1 Å². The predicted molar refractivity (Wildman–Crippen MR) is 89.8 cm³/mol. The zero-order valence-corrected chi connectivity index (χ0v) is 13.3. The molecule has 116 valence electrons. The molecule has 0 radical (unpaired) electrons. The van der Waals surface area contributed by atoms with Gasteiger partial charge in [-0.2, -0.15) is 0 Å². The van der Waals surface area contributed by atoms with Gasteiger partial charge in [0.2, 0.25) is 0 Å². The fourth-order valence-electron chi connectivity index (χ4n) is 1.93. The highest BCUT2D eigenvalue weighted by Gasteiger charge is 2.08. The Bertz CT molecular complexity index is 785. The zero-order valence-electron chi connectivity index (χ0n) is 12.5. The molecule has 1 amide bonds. The third-order valence-corrected chi connectivity index (χ3v) is 3.96. The number of carbonyl (C=O) groups is 1. The van der Waals surface area contributed by atoms with Crippen molar-refractivity contribution in [2.24, 2.45) is 0 Å². The monoisotopic (exact) mass is 325 g/mol. The number of nitrogens with one attached hydrogen (secondary N) is 1. The molecule has 0 aliphatic heterocycles. The van der Waals surface area contributed by atoms with Crippen LogP contribution in [0.25, 0.3) is 0 Å². The van der Waals surface area contributed by atoms with Crippen molar-refractivity contribution < 1.29 is 9.53 Å². The van der Waals surface area contributed by atoms with Gasteiger partial charge in [-0.1, -0.05) is 6.07 Å². The first-order valence-electron chi connectivity index (χ1n) is 7.06. The minimum Gasteiger partial charge on any atom is -0.489 e. The number of anilines is 1. The van der Waals surface area contributed by atoms with E-state index < -0.39 is 0 Å². The van der Waals surface area contributed by atoms with Crippen molar-refractivity contribution in [3.8, 4) is 5.75 Å². The van der Waals surface area contributed by atoms with E-state index in [1.165, 1.54) is 11.3 Å². The molecule has 3 aromatic rings. The van der Waals surface area contributed by atoms with Gasteiger partial charge in [0.1, 0.15) is 12.4 Å². The van der Waals surface area contributed by atoms with Crippen molar-refractivity contribution in [1.82, 2.24) is 9.97 Å². The SMILES string of the molecule is Cc1csc(NC(=O)c2ccc(OCc3cccnc3)cc2)n1. The van der Waals surface area contributed by atoms with E-state index in [-0.39, 0.29) is 5.91 Å². The summed E-state index contributed by atoms with van der Waals surface area (Å²) in [4.78, 5) is 20.4. The zero-order chi connectivity index (χ0) is 16.1. The van der Waals surface area contributed by atoms with Gasteiger partial charge in [-0.3, -0.25) is 15.1 Å². The summed E-state index contributed by atoms with van der Waals surface area (Å²) in [6.45, 7) is 2.33. The molecule has 23 heavy (non-hydrogen) atoms. The number of rotatable bonds is 5. The number of ether oxygens (including phenoxy) is 1. The number of thiazole rings is 1. The van der Waals surface area contributed by atoms with E-state index in [1.54, 1.807) is 36.7 Å². The second-order valence-corrected chi connectivity index (χ2v) is 5.78. The second kappa shape index (κ2) is 7.02. The topological polar surface area (TPSA) is 64.1 Å². The normalized spacial score (nSPS) is 10.3. The summed E-state index contributed by atoms with van der Waals surface area (Å²) in [6, 6.07) is 10.8. The van der Waals surface area contributed by atoms with E-state index in [0.29, 0.717) is 23.1 Å². The molecule has 0 unspecified atom stereocenters. The maximum absolute atomic E-state index is 12.1. The average molecular weight is 325 g/mol. The number of hydrogen-bond acceptors (Lipinski definition) is 5. The summed E-state index contributed by atoms with van der Waals surface area (Å²) < 4.78 is 5.67. The molecule has 2 aromatic heterocycles. The summed E-state index contributed by atoms with van der Waals surface area (Å²) in [7, 11) is 0. The smallest absolute Gasteiger partial charge is 0.257 e. The van der Waals surface area contributed by atoms with E-state index in [0.717, 1.165) is 11.3 Å². The number of benzene rings is 1. The minimum absolute atomic E-state index is 0.182. The van der Waals surface area contributed by atoms with Crippen LogP contribution >= 0.6 is 11.3 Å². The number of aryl methyl sites for hydroxylation is 1. The molecule has 0 bridgehead atoms. The van der Waals surface area contributed by atoms with E-state index in [2.05, 4.69) is 15.3 Å². The third kappa shape index (κ3) is 4.14.